The molecule has 0 saturated heterocycles. The molecule has 0 radical (unpaired) electrons. The van der Waals surface area contributed by atoms with Crippen molar-refractivity contribution in [3.05, 3.63) is 65.2 Å². The van der Waals surface area contributed by atoms with Crippen LogP contribution in [0.5, 0.6) is 0 Å². The third kappa shape index (κ3) is 2.59. The van der Waals surface area contributed by atoms with E-state index in [1.165, 1.54) is 0 Å². The van der Waals surface area contributed by atoms with Crippen molar-refractivity contribution in [2.45, 2.75) is 16.1 Å². The van der Waals surface area contributed by atoms with E-state index in [0.29, 0.717) is 9.92 Å². The van der Waals surface area contributed by atoms with Crippen LogP contribution in [0.1, 0.15) is 11.5 Å². The van der Waals surface area contributed by atoms with Crippen molar-refractivity contribution < 1.29 is 13.5 Å². The zero-order chi connectivity index (χ0) is 15.0. The predicted octanol–water partition coefficient (Wildman–Crippen LogP) is 2.89. The topological polar surface area (TPSA) is 54.4 Å². The highest BCUT2D eigenvalue weighted by atomic mass is 35.5. The molecule has 2 aromatic rings. The number of hydrogen-bond donors (Lipinski definition) is 1. The number of rotatable bonds is 4. The fourth-order valence-corrected chi connectivity index (χ4v) is 5.22. The summed E-state index contributed by atoms with van der Waals surface area (Å²) in [4.78, 5) is 0.310. The van der Waals surface area contributed by atoms with Crippen LogP contribution in [0.2, 0.25) is 5.02 Å². The molecular weight excluding hydrogens is 308 g/mol. The highest BCUT2D eigenvalue weighted by molar-refractivity contribution is 7.92. The van der Waals surface area contributed by atoms with Crippen LogP contribution in [0, 0.1) is 5.92 Å². The average molecular weight is 323 g/mol. The minimum atomic E-state index is -3.43. The minimum absolute atomic E-state index is 0.135. The van der Waals surface area contributed by atoms with Gasteiger partial charge in [0.25, 0.3) is 0 Å². The fourth-order valence-electron chi connectivity index (χ4n) is 2.87. The molecule has 3 atom stereocenters. The SMILES string of the molecule is O=S(=O)(c1ccccc1)C1C(CO)C1c1ccc(Cl)cc1. The summed E-state index contributed by atoms with van der Waals surface area (Å²) in [5, 5.41) is 9.53. The van der Waals surface area contributed by atoms with E-state index >= 15 is 0 Å². The molecule has 5 heteroatoms. The Kier molecular flexibility index (Phi) is 3.78. The van der Waals surface area contributed by atoms with Gasteiger partial charge in [-0.2, -0.15) is 0 Å². The van der Waals surface area contributed by atoms with Crippen LogP contribution in [-0.4, -0.2) is 25.4 Å². The third-order valence-electron chi connectivity index (χ3n) is 3.99. The Balaban J connectivity index is 1.94. The maximum atomic E-state index is 12.7. The highest BCUT2D eigenvalue weighted by Gasteiger charge is 2.58. The van der Waals surface area contributed by atoms with Gasteiger partial charge in [-0.15, -0.1) is 0 Å². The van der Waals surface area contributed by atoms with Gasteiger partial charge in [0, 0.05) is 23.5 Å². The smallest absolute Gasteiger partial charge is 0.182 e. The number of halogens is 1. The van der Waals surface area contributed by atoms with Crippen LogP contribution >= 0.6 is 11.6 Å². The molecule has 3 rings (SSSR count). The largest absolute Gasteiger partial charge is 0.396 e. The van der Waals surface area contributed by atoms with Crippen LogP contribution < -0.4 is 0 Å². The van der Waals surface area contributed by atoms with Crippen molar-refractivity contribution in [2.24, 2.45) is 5.92 Å². The molecule has 0 bridgehead atoms. The van der Waals surface area contributed by atoms with Crippen molar-refractivity contribution in [1.82, 2.24) is 0 Å². The molecule has 3 nitrogen and oxygen atoms in total. The average Bonchev–Trinajstić information content (AvgIpc) is 3.24. The summed E-state index contributed by atoms with van der Waals surface area (Å²) in [6.07, 6.45) is 0. The molecule has 3 unspecified atom stereocenters. The van der Waals surface area contributed by atoms with Gasteiger partial charge in [-0.25, -0.2) is 8.42 Å². The molecule has 0 aliphatic heterocycles. The zero-order valence-corrected chi connectivity index (χ0v) is 12.8. The van der Waals surface area contributed by atoms with Gasteiger partial charge in [-0.05, 0) is 29.8 Å². The number of hydrogen-bond acceptors (Lipinski definition) is 3. The molecule has 0 aromatic heterocycles. The second-order valence-corrected chi connectivity index (χ2v) is 7.79. The summed E-state index contributed by atoms with van der Waals surface area (Å²) in [5.74, 6) is -0.422. The molecule has 1 N–H and O–H groups in total. The molecule has 0 amide bonds. The Morgan fingerprint density at radius 1 is 1.00 bits per heavy atom. The van der Waals surface area contributed by atoms with Crippen molar-refractivity contribution in [3.8, 4) is 0 Å². The monoisotopic (exact) mass is 322 g/mol. The number of aliphatic hydroxyl groups is 1. The van der Waals surface area contributed by atoms with Gasteiger partial charge in [0.15, 0.2) is 9.84 Å². The van der Waals surface area contributed by atoms with Crippen LogP contribution in [-0.2, 0) is 9.84 Å². The number of aliphatic hydroxyl groups excluding tert-OH is 1. The lowest BCUT2D eigenvalue weighted by Gasteiger charge is -2.04. The number of sulfone groups is 1. The van der Waals surface area contributed by atoms with Gasteiger partial charge in [-0.1, -0.05) is 41.9 Å². The fraction of sp³-hybridized carbons (Fsp3) is 0.250. The van der Waals surface area contributed by atoms with E-state index in [0.717, 1.165) is 5.56 Å². The molecule has 1 fully saturated rings. The summed E-state index contributed by atoms with van der Waals surface area (Å²) in [6.45, 7) is -0.135. The Hall–Kier alpha value is -1.36. The van der Waals surface area contributed by atoms with E-state index in [-0.39, 0.29) is 18.4 Å². The third-order valence-corrected chi connectivity index (χ3v) is 6.53. The van der Waals surface area contributed by atoms with Gasteiger partial charge >= 0.3 is 0 Å². The molecule has 1 saturated carbocycles. The minimum Gasteiger partial charge on any atom is -0.396 e. The zero-order valence-electron chi connectivity index (χ0n) is 11.2. The molecule has 1 aliphatic carbocycles. The Morgan fingerprint density at radius 2 is 1.62 bits per heavy atom. The first-order chi connectivity index (χ1) is 10.1. The standard InChI is InChI=1S/C16H15ClO3S/c17-12-8-6-11(7-9-12)15-14(10-18)16(15)21(19,20)13-4-2-1-3-5-13/h1-9,14-16,18H,10H2. The first-order valence-corrected chi connectivity index (χ1v) is 8.63. The van der Waals surface area contributed by atoms with E-state index in [9.17, 15) is 13.5 Å². The molecule has 0 heterocycles. The Bertz CT molecular complexity index is 726. The van der Waals surface area contributed by atoms with Gasteiger partial charge < -0.3 is 5.11 Å². The molecule has 0 spiro atoms. The summed E-state index contributed by atoms with van der Waals surface area (Å²) in [6, 6.07) is 15.5. The molecule has 2 aromatic carbocycles. The van der Waals surface area contributed by atoms with Crippen LogP contribution in [0.15, 0.2) is 59.5 Å². The molecule has 21 heavy (non-hydrogen) atoms. The summed E-state index contributed by atoms with van der Waals surface area (Å²) in [5.41, 5.74) is 0.906. The second-order valence-electron chi connectivity index (χ2n) is 5.25. The van der Waals surface area contributed by atoms with Gasteiger partial charge in [-0.3, -0.25) is 0 Å². The lowest BCUT2D eigenvalue weighted by molar-refractivity contribution is 0.274. The maximum Gasteiger partial charge on any atom is 0.182 e. The van der Waals surface area contributed by atoms with E-state index in [1.807, 2.05) is 12.1 Å². The van der Waals surface area contributed by atoms with Crippen LogP contribution in [0.4, 0.5) is 0 Å². The lowest BCUT2D eigenvalue weighted by atomic mass is 10.1. The van der Waals surface area contributed by atoms with Gasteiger partial charge in [0.2, 0.25) is 0 Å². The van der Waals surface area contributed by atoms with E-state index in [2.05, 4.69) is 0 Å². The van der Waals surface area contributed by atoms with Crippen molar-refractivity contribution in [2.75, 3.05) is 6.61 Å². The van der Waals surface area contributed by atoms with Crippen molar-refractivity contribution in [3.63, 3.8) is 0 Å². The summed E-state index contributed by atoms with van der Waals surface area (Å²) >= 11 is 5.86. The van der Waals surface area contributed by atoms with Crippen LogP contribution in [0.25, 0.3) is 0 Å². The maximum absolute atomic E-state index is 12.7. The van der Waals surface area contributed by atoms with Gasteiger partial charge in [0.1, 0.15) is 0 Å². The lowest BCUT2D eigenvalue weighted by Crippen LogP contribution is -2.11. The number of benzene rings is 2. The molecule has 1 aliphatic rings. The summed E-state index contributed by atoms with van der Waals surface area (Å²) < 4.78 is 25.4. The molecule has 110 valence electrons. The van der Waals surface area contributed by atoms with Crippen molar-refractivity contribution in [1.29, 1.82) is 0 Å². The Labute approximate surface area is 129 Å². The predicted molar refractivity (Wildman–Crippen MR) is 82.2 cm³/mol. The first-order valence-electron chi connectivity index (χ1n) is 6.71. The van der Waals surface area contributed by atoms with Crippen LogP contribution in [0.3, 0.4) is 0 Å². The first kappa shape index (κ1) is 14.6. The van der Waals surface area contributed by atoms with Crippen molar-refractivity contribution >= 4 is 21.4 Å². The summed E-state index contributed by atoms with van der Waals surface area (Å²) in [7, 11) is -3.43. The highest BCUT2D eigenvalue weighted by Crippen LogP contribution is 2.53. The van der Waals surface area contributed by atoms with E-state index in [4.69, 9.17) is 11.6 Å². The Morgan fingerprint density at radius 3 is 2.19 bits per heavy atom. The van der Waals surface area contributed by atoms with E-state index in [1.54, 1.807) is 42.5 Å². The normalized spacial score (nSPS) is 24.8. The van der Waals surface area contributed by atoms with E-state index < -0.39 is 15.1 Å². The quantitative estimate of drug-likeness (QED) is 0.941. The van der Waals surface area contributed by atoms with Gasteiger partial charge in [0.05, 0.1) is 10.1 Å². The second kappa shape index (κ2) is 5.44. The molecular formula is C16H15ClO3S.